The number of nitrogens with one attached hydrogen (secondary N) is 3. The van der Waals surface area contributed by atoms with Gasteiger partial charge in [0.25, 0.3) is 11.6 Å². The summed E-state index contributed by atoms with van der Waals surface area (Å²) in [5, 5.41) is 14.3. The van der Waals surface area contributed by atoms with Crippen LogP contribution >= 0.6 is 11.8 Å². The van der Waals surface area contributed by atoms with Gasteiger partial charge in [-0.05, 0) is 49.4 Å². The van der Waals surface area contributed by atoms with Crippen molar-refractivity contribution in [1.29, 1.82) is 0 Å². The molecule has 0 atom stereocenters. The van der Waals surface area contributed by atoms with E-state index in [1.165, 1.54) is 17.8 Å². The first-order chi connectivity index (χ1) is 14.4. The minimum absolute atomic E-state index is 0.140. The molecular weight excluding hydrogens is 404 g/mol. The number of rotatable bonds is 5. The van der Waals surface area contributed by atoms with Crippen molar-refractivity contribution in [2.24, 2.45) is 0 Å². The molecule has 1 amide bonds. The molecule has 0 saturated carbocycles. The number of aromatic amines is 2. The van der Waals surface area contributed by atoms with E-state index in [0.717, 1.165) is 10.5 Å². The van der Waals surface area contributed by atoms with Crippen LogP contribution in [0.25, 0.3) is 11.0 Å². The maximum atomic E-state index is 12.6. The summed E-state index contributed by atoms with van der Waals surface area (Å²) in [6.45, 7) is 1.97. The van der Waals surface area contributed by atoms with Crippen LogP contribution in [0.2, 0.25) is 0 Å². The van der Waals surface area contributed by atoms with Crippen molar-refractivity contribution in [3.05, 3.63) is 92.4 Å². The number of nitro benzene ring substituents is 1. The van der Waals surface area contributed by atoms with E-state index in [4.69, 9.17) is 0 Å². The van der Waals surface area contributed by atoms with Gasteiger partial charge in [-0.15, -0.1) is 0 Å². The van der Waals surface area contributed by atoms with Gasteiger partial charge in [-0.2, -0.15) is 0 Å². The number of nitro groups is 1. The van der Waals surface area contributed by atoms with E-state index in [-0.39, 0.29) is 16.9 Å². The normalized spacial score (nSPS) is 10.8. The molecule has 0 unspecified atom stereocenters. The summed E-state index contributed by atoms with van der Waals surface area (Å²) in [7, 11) is 0. The van der Waals surface area contributed by atoms with Crippen molar-refractivity contribution in [2.45, 2.75) is 16.7 Å². The van der Waals surface area contributed by atoms with Crippen molar-refractivity contribution in [1.82, 2.24) is 9.97 Å². The van der Waals surface area contributed by atoms with Crippen molar-refractivity contribution in [3.8, 4) is 0 Å². The Balaban J connectivity index is 1.58. The number of H-pyrrole nitrogens is 2. The van der Waals surface area contributed by atoms with E-state index in [0.29, 0.717) is 21.6 Å². The van der Waals surface area contributed by atoms with Gasteiger partial charge in [-0.25, -0.2) is 4.79 Å². The number of benzene rings is 3. The molecule has 4 aromatic rings. The molecule has 0 spiro atoms. The number of hydrogen-bond acceptors (Lipinski definition) is 5. The van der Waals surface area contributed by atoms with Gasteiger partial charge in [-0.1, -0.05) is 29.5 Å². The van der Waals surface area contributed by atoms with Crippen LogP contribution in [-0.4, -0.2) is 20.8 Å². The molecule has 4 rings (SSSR count). The lowest BCUT2D eigenvalue weighted by Crippen LogP contribution is -2.12. The molecule has 0 saturated heterocycles. The molecule has 1 heterocycles. The zero-order valence-electron chi connectivity index (χ0n) is 15.8. The molecule has 3 aromatic carbocycles. The third-order valence-corrected chi connectivity index (χ3v) is 5.51. The number of aryl methyl sites for hydroxylation is 1. The standard InChI is InChI=1S/C21H16N4O4S/c1-12-2-6-15(7-3-12)30-19-9-4-13(10-18(19)25(28)29)20(26)22-14-5-8-16-17(11-14)24-21(27)23-16/h2-11H,1H3,(H,22,26)(H2,23,24,27). The molecule has 0 aliphatic heterocycles. The number of nitrogens with zero attached hydrogens (tertiary/aromatic N) is 1. The number of amides is 1. The van der Waals surface area contributed by atoms with Crippen LogP contribution in [0.4, 0.5) is 11.4 Å². The van der Waals surface area contributed by atoms with E-state index in [1.807, 2.05) is 31.2 Å². The van der Waals surface area contributed by atoms with Gasteiger partial charge in [0.15, 0.2) is 0 Å². The molecule has 0 radical (unpaired) electrons. The summed E-state index contributed by atoms with van der Waals surface area (Å²) in [6.07, 6.45) is 0. The van der Waals surface area contributed by atoms with Crippen LogP contribution < -0.4 is 11.0 Å². The highest BCUT2D eigenvalue weighted by Crippen LogP contribution is 2.35. The van der Waals surface area contributed by atoms with Crippen LogP contribution in [0.15, 0.2) is 75.2 Å². The van der Waals surface area contributed by atoms with Crippen molar-refractivity contribution < 1.29 is 9.72 Å². The van der Waals surface area contributed by atoms with Crippen LogP contribution in [-0.2, 0) is 0 Å². The molecule has 9 heteroatoms. The predicted octanol–water partition coefficient (Wildman–Crippen LogP) is 4.48. The maximum Gasteiger partial charge on any atom is 0.323 e. The Hall–Kier alpha value is -3.85. The number of fused-ring (bicyclic) bond motifs is 1. The fourth-order valence-corrected chi connectivity index (χ4v) is 3.83. The number of anilines is 1. The van der Waals surface area contributed by atoms with Crippen molar-refractivity contribution in [2.75, 3.05) is 5.32 Å². The smallest absolute Gasteiger partial charge is 0.322 e. The zero-order valence-corrected chi connectivity index (χ0v) is 16.6. The highest BCUT2D eigenvalue weighted by Gasteiger charge is 2.19. The second-order valence-electron chi connectivity index (χ2n) is 6.65. The Morgan fingerprint density at radius 1 is 1.00 bits per heavy atom. The Bertz CT molecular complexity index is 1330. The Morgan fingerprint density at radius 3 is 2.47 bits per heavy atom. The molecule has 0 bridgehead atoms. The molecule has 0 aliphatic carbocycles. The Morgan fingerprint density at radius 2 is 1.73 bits per heavy atom. The Labute approximate surface area is 174 Å². The molecule has 0 fully saturated rings. The molecule has 30 heavy (non-hydrogen) atoms. The number of carbonyl (C=O) groups excluding carboxylic acids is 1. The third kappa shape index (κ3) is 4.11. The van der Waals surface area contributed by atoms with Crippen molar-refractivity contribution in [3.63, 3.8) is 0 Å². The summed E-state index contributed by atoms with van der Waals surface area (Å²) < 4.78 is 0. The van der Waals surface area contributed by atoms with Crippen molar-refractivity contribution >= 4 is 40.1 Å². The van der Waals surface area contributed by atoms with E-state index >= 15 is 0 Å². The number of aromatic nitrogens is 2. The van der Waals surface area contributed by atoms with Gasteiger partial charge >= 0.3 is 5.69 Å². The second kappa shape index (κ2) is 7.88. The number of hydrogen-bond donors (Lipinski definition) is 3. The zero-order chi connectivity index (χ0) is 21.3. The molecule has 150 valence electrons. The van der Waals surface area contributed by atoms with Crippen LogP contribution in [0.3, 0.4) is 0 Å². The lowest BCUT2D eigenvalue weighted by Gasteiger charge is -2.08. The summed E-state index contributed by atoms with van der Waals surface area (Å²) in [5.74, 6) is -0.484. The number of carbonyl (C=O) groups is 1. The van der Waals surface area contributed by atoms with Gasteiger partial charge in [0.1, 0.15) is 0 Å². The quantitative estimate of drug-likeness (QED) is 0.325. The molecule has 8 nitrogen and oxygen atoms in total. The fraction of sp³-hybridized carbons (Fsp3) is 0.0476. The summed E-state index contributed by atoms with van der Waals surface area (Å²) in [5.41, 5.74) is 2.41. The maximum absolute atomic E-state index is 12.6. The highest BCUT2D eigenvalue weighted by atomic mass is 32.2. The minimum atomic E-state index is -0.496. The van der Waals surface area contributed by atoms with Crippen LogP contribution in [0.1, 0.15) is 15.9 Å². The first-order valence-corrected chi connectivity index (χ1v) is 9.77. The second-order valence-corrected chi connectivity index (χ2v) is 7.76. The summed E-state index contributed by atoms with van der Waals surface area (Å²) >= 11 is 1.27. The largest absolute Gasteiger partial charge is 0.323 e. The van der Waals surface area contributed by atoms with Gasteiger partial charge in [0, 0.05) is 22.2 Å². The molecule has 1 aromatic heterocycles. The first kappa shape index (κ1) is 19.5. The lowest BCUT2D eigenvalue weighted by molar-refractivity contribution is -0.387. The highest BCUT2D eigenvalue weighted by molar-refractivity contribution is 7.99. The molecule has 0 aliphatic rings. The van der Waals surface area contributed by atoms with Gasteiger partial charge in [0.2, 0.25) is 0 Å². The molecular formula is C21H16N4O4S. The van der Waals surface area contributed by atoms with Gasteiger partial charge < -0.3 is 15.3 Å². The summed E-state index contributed by atoms with van der Waals surface area (Å²) in [4.78, 5) is 41.6. The SMILES string of the molecule is Cc1ccc(Sc2ccc(C(=O)Nc3ccc4[nH]c(=O)[nH]c4c3)cc2[N+](=O)[O-])cc1. The first-order valence-electron chi connectivity index (χ1n) is 8.95. The van der Waals surface area contributed by atoms with E-state index in [2.05, 4.69) is 15.3 Å². The third-order valence-electron chi connectivity index (χ3n) is 4.44. The average Bonchev–Trinajstić information content (AvgIpc) is 3.09. The lowest BCUT2D eigenvalue weighted by atomic mass is 10.2. The fourth-order valence-electron chi connectivity index (χ4n) is 2.93. The average molecular weight is 420 g/mol. The van der Waals surface area contributed by atoms with E-state index in [9.17, 15) is 19.7 Å². The van der Waals surface area contributed by atoms with E-state index < -0.39 is 10.8 Å². The van der Waals surface area contributed by atoms with Crippen LogP contribution in [0, 0.1) is 17.0 Å². The monoisotopic (exact) mass is 420 g/mol. The molecule has 3 N–H and O–H groups in total. The number of imidazole rings is 1. The van der Waals surface area contributed by atoms with E-state index in [1.54, 1.807) is 30.3 Å². The van der Waals surface area contributed by atoms with Crippen LogP contribution in [0.5, 0.6) is 0 Å². The summed E-state index contributed by atoms with van der Waals surface area (Å²) in [6, 6.07) is 17.0. The topological polar surface area (TPSA) is 121 Å². The predicted molar refractivity (Wildman–Crippen MR) is 115 cm³/mol. The van der Waals surface area contributed by atoms with Gasteiger partial charge in [0.05, 0.1) is 20.9 Å². The minimum Gasteiger partial charge on any atom is -0.322 e. The Kier molecular flexibility index (Phi) is 5.11. The van der Waals surface area contributed by atoms with Gasteiger partial charge in [-0.3, -0.25) is 14.9 Å².